The van der Waals surface area contributed by atoms with Crippen LogP contribution in [0, 0.1) is 0 Å². The lowest BCUT2D eigenvalue weighted by Crippen LogP contribution is -2.36. The average molecular weight is 340 g/mol. The number of carbonyl (C=O) groups is 2. The summed E-state index contributed by atoms with van der Waals surface area (Å²) in [6, 6.07) is 9.61. The first-order valence-electron chi connectivity index (χ1n) is 8.47. The van der Waals surface area contributed by atoms with Crippen LogP contribution in [0.1, 0.15) is 40.1 Å². The van der Waals surface area contributed by atoms with Crippen molar-refractivity contribution >= 4 is 28.8 Å². The van der Waals surface area contributed by atoms with E-state index in [1.807, 2.05) is 34.1 Å². The molecule has 0 N–H and O–H groups in total. The Labute approximate surface area is 145 Å². The Morgan fingerprint density at radius 2 is 1.83 bits per heavy atom. The molecule has 24 heavy (non-hydrogen) atoms. The van der Waals surface area contributed by atoms with Gasteiger partial charge in [-0.25, -0.2) is 0 Å². The van der Waals surface area contributed by atoms with Gasteiger partial charge in [0.2, 0.25) is 5.91 Å². The standard InChI is InChI=1S/C19H20N2O2S/c22-18-3-1-2-10-21(18)16-6-4-14(5-7-16)19(23)20-11-8-17-15(13-20)9-12-24-17/h4-7,9,12H,1-3,8,10-11,13H2. The summed E-state index contributed by atoms with van der Waals surface area (Å²) in [6.45, 7) is 2.25. The van der Waals surface area contributed by atoms with Crippen LogP contribution in [0.25, 0.3) is 0 Å². The third kappa shape index (κ3) is 2.84. The molecule has 1 aromatic carbocycles. The minimum Gasteiger partial charge on any atom is -0.334 e. The third-order valence-electron chi connectivity index (χ3n) is 4.84. The Bertz CT molecular complexity index is 766. The van der Waals surface area contributed by atoms with Crippen molar-refractivity contribution in [1.29, 1.82) is 0 Å². The Morgan fingerprint density at radius 3 is 2.62 bits per heavy atom. The first kappa shape index (κ1) is 15.4. The molecule has 1 saturated heterocycles. The van der Waals surface area contributed by atoms with Crippen molar-refractivity contribution in [3.63, 3.8) is 0 Å². The predicted molar refractivity (Wildman–Crippen MR) is 95.4 cm³/mol. The first-order valence-corrected chi connectivity index (χ1v) is 9.35. The molecule has 4 nitrogen and oxygen atoms in total. The van der Waals surface area contributed by atoms with Gasteiger partial charge in [0.15, 0.2) is 0 Å². The van der Waals surface area contributed by atoms with Crippen molar-refractivity contribution in [3.05, 3.63) is 51.7 Å². The summed E-state index contributed by atoms with van der Waals surface area (Å²) in [5, 5.41) is 2.10. The topological polar surface area (TPSA) is 40.6 Å². The molecule has 1 aromatic heterocycles. The molecule has 124 valence electrons. The molecule has 2 aliphatic rings. The summed E-state index contributed by atoms with van der Waals surface area (Å²) < 4.78 is 0. The van der Waals surface area contributed by atoms with Gasteiger partial charge < -0.3 is 9.80 Å². The number of thiophene rings is 1. The van der Waals surface area contributed by atoms with E-state index in [4.69, 9.17) is 0 Å². The van der Waals surface area contributed by atoms with Crippen molar-refractivity contribution < 1.29 is 9.59 Å². The molecule has 1 fully saturated rings. The number of nitrogens with zero attached hydrogens (tertiary/aromatic N) is 2. The minimum atomic E-state index is 0.0726. The van der Waals surface area contributed by atoms with Crippen LogP contribution in [-0.2, 0) is 17.8 Å². The van der Waals surface area contributed by atoms with Gasteiger partial charge in [0.25, 0.3) is 5.91 Å². The lowest BCUT2D eigenvalue weighted by atomic mass is 10.1. The second-order valence-corrected chi connectivity index (χ2v) is 7.40. The normalized spacial score (nSPS) is 17.8. The quantitative estimate of drug-likeness (QED) is 0.840. The molecule has 0 saturated carbocycles. The van der Waals surface area contributed by atoms with Crippen LogP contribution in [0.4, 0.5) is 5.69 Å². The van der Waals surface area contributed by atoms with E-state index in [1.54, 1.807) is 11.3 Å². The largest absolute Gasteiger partial charge is 0.334 e. The number of hydrogen-bond donors (Lipinski definition) is 0. The molecule has 3 heterocycles. The molecule has 2 aromatic rings. The highest BCUT2D eigenvalue weighted by Crippen LogP contribution is 2.26. The van der Waals surface area contributed by atoms with Gasteiger partial charge in [-0.1, -0.05) is 0 Å². The summed E-state index contributed by atoms with van der Waals surface area (Å²) in [6.07, 6.45) is 3.59. The molecule has 4 rings (SSSR count). The highest BCUT2D eigenvalue weighted by Gasteiger charge is 2.23. The summed E-state index contributed by atoms with van der Waals surface area (Å²) in [4.78, 5) is 29.9. The molecule has 5 heteroatoms. The first-order chi connectivity index (χ1) is 11.7. The zero-order valence-electron chi connectivity index (χ0n) is 13.5. The second-order valence-electron chi connectivity index (χ2n) is 6.40. The number of carbonyl (C=O) groups excluding carboxylic acids is 2. The fraction of sp³-hybridized carbons (Fsp3) is 0.368. The van der Waals surface area contributed by atoms with E-state index in [0.29, 0.717) is 18.5 Å². The van der Waals surface area contributed by atoms with Gasteiger partial charge in [0.05, 0.1) is 0 Å². The van der Waals surface area contributed by atoms with Crippen LogP contribution in [0.3, 0.4) is 0 Å². The Balaban J connectivity index is 1.48. The van der Waals surface area contributed by atoms with E-state index in [9.17, 15) is 9.59 Å². The van der Waals surface area contributed by atoms with E-state index < -0.39 is 0 Å². The van der Waals surface area contributed by atoms with Gasteiger partial charge in [-0.15, -0.1) is 11.3 Å². The number of rotatable bonds is 2. The maximum absolute atomic E-state index is 12.7. The van der Waals surface area contributed by atoms with E-state index >= 15 is 0 Å². The van der Waals surface area contributed by atoms with Crippen LogP contribution in [0.2, 0.25) is 0 Å². The lowest BCUT2D eigenvalue weighted by Gasteiger charge is -2.28. The second kappa shape index (κ2) is 6.40. The van der Waals surface area contributed by atoms with Crippen LogP contribution in [0.5, 0.6) is 0 Å². The number of benzene rings is 1. The molecule has 0 atom stereocenters. The monoisotopic (exact) mass is 340 g/mol. The number of amides is 2. The lowest BCUT2D eigenvalue weighted by molar-refractivity contribution is -0.119. The van der Waals surface area contributed by atoms with Gasteiger partial charge in [-0.05, 0) is 60.5 Å². The number of anilines is 1. The van der Waals surface area contributed by atoms with Gasteiger partial charge >= 0.3 is 0 Å². The maximum Gasteiger partial charge on any atom is 0.254 e. The van der Waals surface area contributed by atoms with E-state index in [0.717, 1.165) is 38.0 Å². The molecular formula is C19H20N2O2S. The van der Waals surface area contributed by atoms with Crippen molar-refractivity contribution in [1.82, 2.24) is 4.90 Å². The molecule has 0 spiro atoms. The smallest absolute Gasteiger partial charge is 0.254 e. The molecular weight excluding hydrogens is 320 g/mol. The minimum absolute atomic E-state index is 0.0726. The van der Waals surface area contributed by atoms with E-state index in [-0.39, 0.29) is 11.8 Å². The molecule has 0 aliphatic carbocycles. The van der Waals surface area contributed by atoms with Gasteiger partial charge in [0.1, 0.15) is 0 Å². The van der Waals surface area contributed by atoms with Crippen molar-refractivity contribution in [2.24, 2.45) is 0 Å². The van der Waals surface area contributed by atoms with Crippen LogP contribution >= 0.6 is 11.3 Å². The fourth-order valence-corrected chi connectivity index (χ4v) is 4.36. The van der Waals surface area contributed by atoms with Crippen LogP contribution in [0.15, 0.2) is 35.7 Å². The molecule has 2 aliphatic heterocycles. The van der Waals surface area contributed by atoms with Crippen molar-refractivity contribution in [3.8, 4) is 0 Å². The Morgan fingerprint density at radius 1 is 1.00 bits per heavy atom. The van der Waals surface area contributed by atoms with Gasteiger partial charge in [-0.2, -0.15) is 0 Å². The fourth-order valence-electron chi connectivity index (χ4n) is 3.47. The predicted octanol–water partition coefficient (Wildman–Crippen LogP) is 3.46. The third-order valence-corrected chi connectivity index (χ3v) is 5.87. The zero-order valence-corrected chi connectivity index (χ0v) is 14.3. The summed E-state index contributed by atoms with van der Waals surface area (Å²) in [7, 11) is 0. The number of piperidine rings is 1. The maximum atomic E-state index is 12.7. The zero-order chi connectivity index (χ0) is 16.5. The summed E-state index contributed by atoms with van der Waals surface area (Å²) >= 11 is 1.78. The van der Waals surface area contributed by atoms with Crippen LogP contribution in [-0.4, -0.2) is 29.8 Å². The molecule has 2 amide bonds. The van der Waals surface area contributed by atoms with Crippen molar-refractivity contribution in [2.45, 2.75) is 32.2 Å². The molecule has 0 unspecified atom stereocenters. The highest BCUT2D eigenvalue weighted by molar-refractivity contribution is 7.10. The molecule has 0 radical (unpaired) electrons. The van der Waals surface area contributed by atoms with Gasteiger partial charge in [0, 0.05) is 42.2 Å². The molecule has 0 bridgehead atoms. The van der Waals surface area contributed by atoms with E-state index in [2.05, 4.69) is 11.4 Å². The van der Waals surface area contributed by atoms with Gasteiger partial charge in [-0.3, -0.25) is 9.59 Å². The summed E-state index contributed by atoms with van der Waals surface area (Å²) in [5.41, 5.74) is 2.87. The SMILES string of the molecule is O=C(c1ccc(N2CCCCC2=O)cc1)N1CCc2sccc2C1. The summed E-state index contributed by atoms with van der Waals surface area (Å²) in [5.74, 6) is 0.254. The number of hydrogen-bond acceptors (Lipinski definition) is 3. The Hall–Kier alpha value is -2.14. The highest BCUT2D eigenvalue weighted by atomic mass is 32.1. The van der Waals surface area contributed by atoms with Crippen LogP contribution < -0.4 is 4.90 Å². The van der Waals surface area contributed by atoms with Crippen molar-refractivity contribution in [2.75, 3.05) is 18.0 Å². The number of fused-ring (bicyclic) bond motifs is 1. The Kier molecular flexibility index (Phi) is 4.10. The van der Waals surface area contributed by atoms with E-state index in [1.165, 1.54) is 10.4 Å². The average Bonchev–Trinajstić information content (AvgIpc) is 3.09.